The molecule has 13 heteroatoms. The highest BCUT2D eigenvalue weighted by molar-refractivity contribution is 7.89. The van der Waals surface area contributed by atoms with Gasteiger partial charge in [0.05, 0.1) is 35.7 Å². The minimum Gasteiger partial charge on any atom is -0.480 e. The van der Waals surface area contributed by atoms with E-state index in [1.165, 1.54) is 24.4 Å². The molecule has 3 atom stereocenters. The van der Waals surface area contributed by atoms with Crippen LogP contribution in [-0.2, 0) is 24.4 Å². The van der Waals surface area contributed by atoms with E-state index in [-0.39, 0.29) is 23.6 Å². The van der Waals surface area contributed by atoms with Crippen LogP contribution in [-0.4, -0.2) is 59.2 Å². The van der Waals surface area contributed by atoms with Crippen LogP contribution >= 0.6 is 0 Å². The molecule has 0 spiro atoms. The van der Waals surface area contributed by atoms with Crippen molar-refractivity contribution in [2.45, 2.75) is 42.8 Å². The molecule has 1 fully saturated rings. The molecule has 1 aromatic carbocycles. The molecule has 0 radical (unpaired) electrons. The van der Waals surface area contributed by atoms with Gasteiger partial charge in [-0.05, 0) is 43.2 Å². The second-order valence-corrected chi connectivity index (χ2v) is 9.75. The molecule has 0 aliphatic carbocycles. The molecule has 1 aliphatic rings. The zero-order valence-corrected chi connectivity index (χ0v) is 19.2. The topological polar surface area (TPSA) is 202 Å². The van der Waals surface area contributed by atoms with Gasteiger partial charge in [0, 0.05) is 11.8 Å². The summed E-state index contributed by atoms with van der Waals surface area (Å²) in [5.41, 5.74) is 15.4. The van der Waals surface area contributed by atoms with Gasteiger partial charge in [0.2, 0.25) is 5.91 Å². The van der Waals surface area contributed by atoms with Gasteiger partial charge in [-0.15, -0.1) is 0 Å². The Hall–Kier alpha value is -3.39. The summed E-state index contributed by atoms with van der Waals surface area (Å²) < 4.78 is 26.9. The zero-order valence-electron chi connectivity index (χ0n) is 18.3. The third kappa shape index (κ3) is 5.56. The van der Waals surface area contributed by atoms with Crippen molar-refractivity contribution in [1.82, 2.24) is 14.8 Å². The van der Waals surface area contributed by atoms with Crippen molar-refractivity contribution >= 4 is 27.7 Å². The fourth-order valence-corrected chi connectivity index (χ4v) is 5.08. The summed E-state index contributed by atoms with van der Waals surface area (Å²) in [5.74, 6) is -2.48. The number of hydrogen-bond donors (Lipinski definition) is 5. The van der Waals surface area contributed by atoms with Crippen LogP contribution in [0.4, 0.5) is 0 Å². The normalized spacial score (nSPS) is 18.9. The Morgan fingerprint density at radius 3 is 2.74 bits per heavy atom. The lowest BCUT2D eigenvalue weighted by Crippen LogP contribution is -2.48. The number of nitrogen functional groups attached to an aromatic ring is 1. The molecule has 182 valence electrons. The number of aryl methyl sites for hydroxylation is 1. The van der Waals surface area contributed by atoms with E-state index < -0.39 is 46.6 Å². The lowest BCUT2D eigenvalue weighted by Gasteiger charge is -2.25. The number of nitrogens with zero attached hydrogens (tertiary/aromatic N) is 2. The van der Waals surface area contributed by atoms with Gasteiger partial charge in [-0.25, -0.2) is 12.7 Å². The average molecular weight is 491 g/mol. The predicted octanol–water partition coefficient (Wildman–Crippen LogP) is 0.0282. The SMILES string of the molecule is Cc1cccc(S(=O)(=O)N(CC(N)C(=O)O)C(=O)C[C@H]2C[C@@H](c3ncccc3C(=N)N)NO2)c1. The van der Waals surface area contributed by atoms with Gasteiger partial charge in [-0.2, -0.15) is 5.48 Å². The largest absolute Gasteiger partial charge is 0.480 e. The Bertz CT molecular complexity index is 1200. The molecule has 1 saturated heterocycles. The molecular formula is C21H26N6O6S. The molecule has 2 aromatic rings. The van der Waals surface area contributed by atoms with Crippen LogP contribution in [0.1, 0.15) is 35.7 Å². The van der Waals surface area contributed by atoms with Gasteiger partial charge in [0.25, 0.3) is 10.0 Å². The van der Waals surface area contributed by atoms with Crippen molar-refractivity contribution in [3.8, 4) is 0 Å². The number of nitrogens with one attached hydrogen (secondary N) is 2. The Labute approximate surface area is 196 Å². The van der Waals surface area contributed by atoms with Crippen LogP contribution in [0.5, 0.6) is 0 Å². The number of sulfonamides is 1. The number of aromatic nitrogens is 1. The average Bonchev–Trinajstić information content (AvgIpc) is 3.25. The summed E-state index contributed by atoms with van der Waals surface area (Å²) in [6.45, 7) is 0.960. The van der Waals surface area contributed by atoms with E-state index >= 15 is 0 Å². The van der Waals surface area contributed by atoms with Crippen molar-refractivity contribution in [3.05, 3.63) is 59.4 Å². The maximum Gasteiger partial charge on any atom is 0.322 e. The van der Waals surface area contributed by atoms with Gasteiger partial charge in [0.1, 0.15) is 11.9 Å². The van der Waals surface area contributed by atoms with Crippen LogP contribution in [0.3, 0.4) is 0 Å². The fourth-order valence-electron chi connectivity index (χ4n) is 3.54. The highest BCUT2D eigenvalue weighted by atomic mass is 32.2. The van der Waals surface area contributed by atoms with Crippen molar-refractivity contribution in [2.24, 2.45) is 11.5 Å². The van der Waals surface area contributed by atoms with E-state index in [0.29, 0.717) is 21.1 Å². The van der Waals surface area contributed by atoms with Crippen LogP contribution in [0.2, 0.25) is 0 Å². The van der Waals surface area contributed by atoms with Crippen LogP contribution in [0, 0.1) is 12.3 Å². The molecule has 3 rings (SSSR count). The molecule has 1 amide bonds. The summed E-state index contributed by atoms with van der Waals surface area (Å²) in [4.78, 5) is 33.9. The number of hydroxylamine groups is 1. The highest BCUT2D eigenvalue weighted by Gasteiger charge is 2.37. The third-order valence-corrected chi connectivity index (χ3v) is 7.05. The Kier molecular flexibility index (Phi) is 7.61. The molecule has 0 bridgehead atoms. The first-order valence-electron chi connectivity index (χ1n) is 10.3. The van der Waals surface area contributed by atoms with Crippen LogP contribution in [0.25, 0.3) is 0 Å². The van der Waals surface area contributed by atoms with Gasteiger partial charge in [0.15, 0.2) is 0 Å². The van der Waals surface area contributed by atoms with Gasteiger partial charge in [-0.3, -0.25) is 24.8 Å². The number of nitrogens with two attached hydrogens (primary N) is 2. The van der Waals surface area contributed by atoms with Crippen molar-refractivity contribution in [3.63, 3.8) is 0 Å². The summed E-state index contributed by atoms with van der Waals surface area (Å²) >= 11 is 0. The number of benzene rings is 1. The molecule has 34 heavy (non-hydrogen) atoms. The summed E-state index contributed by atoms with van der Waals surface area (Å²) in [6.07, 6.45) is 0.677. The smallest absolute Gasteiger partial charge is 0.322 e. The molecule has 1 unspecified atom stereocenters. The van der Waals surface area contributed by atoms with Crippen LogP contribution in [0.15, 0.2) is 47.5 Å². The summed E-state index contributed by atoms with van der Waals surface area (Å²) in [7, 11) is -4.37. The molecule has 12 nitrogen and oxygen atoms in total. The maximum absolute atomic E-state index is 13.2. The Balaban J connectivity index is 1.81. The number of aliphatic carboxylic acids is 1. The number of rotatable bonds is 9. The number of carbonyl (C=O) groups excluding carboxylic acids is 1. The van der Waals surface area contributed by atoms with E-state index in [9.17, 15) is 23.1 Å². The van der Waals surface area contributed by atoms with E-state index in [1.54, 1.807) is 25.1 Å². The lowest BCUT2D eigenvalue weighted by molar-refractivity contribution is -0.139. The Morgan fingerprint density at radius 2 is 2.09 bits per heavy atom. The number of amidine groups is 1. The van der Waals surface area contributed by atoms with Crippen LogP contribution < -0.4 is 16.9 Å². The Morgan fingerprint density at radius 1 is 1.35 bits per heavy atom. The minimum absolute atomic E-state index is 0.152. The lowest BCUT2D eigenvalue weighted by atomic mass is 10.0. The second kappa shape index (κ2) is 10.3. The second-order valence-electron chi connectivity index (χ2n) is 7.89. The zero-order chi connectivity index (χ0) is 25.0. The van der Waals surface area contributed by atoms with E-state index in [1.807, 2.05) is 0 Å². The minimum atomic E-state index is -4.37. The number of carboxylic acids is 1. The first kappa shape index (κ1) is 25.2. The van der Waals surface area contributed by atoms with Crippen molar-refractivity contribution in [2.75, 3.05) is 6.54 Å². The molecule has 0 saturated carbocycles. The number of hydrogen-bond acceptors (Lipinski definition) is 9. The summed E-state index contributed by atoms with van der Waals surface area (Å²) in [6, 6.07) is 7.10. The number of carboxylic acid groups (broad SMARTS) is 1. The fraction of sp³-hybridized carbons (Fsp3) is 0.333. The van der Waals surface area contributed by atoms with E-state index in [2.05, 4.69) is 10.5 Å². The van der Waals surface area contributed by atoms with E-state index in [4.69, 9.17) is 21.7 Å². The van der Waals surface area contributed by atoms with Crippen molar-refractivity contribution < 1.29 is 28.0 Å². The number of amides is 1. The van der Waals surface area contributed by atoms with Gasteiger partial charge >= 0.3 is 5.97 Å². The maximum atomic E-state index is 13.2. The number of pyridine rings is 1. The highest BCUT2D eigenvalue weighted by Crippen LogP contribution is 2.29. The van der Waals surface area contributed by atoms with Crippen molar-refractivity contribution in [1.29, 1.82) is 5.41 Å². The molecular weight excluding hydrogens is 464 g/mol. The monoisotopic (exact) mass is 490 g/mol. The molecule has 2 heterocycles. The van der Waals surface area contributed by atoms with Gasteiger partial charge < -0.3 is 16.6 Å². The summed E-state index contributed by atoms with van der Waals surface area (Å²) in [5, 5.41) is 16.9. The van der Waals surface area contributed by atoms with E-state index in [0.717, 1.165) is 0 Å². The number of carbonyl (C=O) groups is 2. The molecule has 1 aromatic heterocycles. The standard InChI is InChI=1S/C21H26N6O6S/c1-12-4-2-5-14(8-12)34(31,32)27(11-16(22)21(29)30)18(28)10-13-9-17(26-33-13)19-15(20(23)24)6-3-7-25-19/h2-8,13,16-17,26H,9-11,22H2,1H3,(H3,23,24)(H,29,30)/t13-,16?,17+/m1/s1. The van der Waals surface area contributed by atoms with Gasteiger partial charge in [-0.1, -0.05) is 12.1 Å². The third-order valence-electron chi connectivity index (χ3n) is 5.27. The predicted molar refractivity (Wildman–Crippen MR) is 121 cm³/mol. The molecule has 1 aliphatic heterocycles. The first-order chi connectivity index (χ1) is 16.0. The quantitative estimate of drug-likeness (QED) is 0.236. The first-order valence-corrected chi connectivity index (χ1v) is 11.8. The molecule has 7 N–H and O–H groups in total.